The molecule has 17 heteroatoms. The molecule has 4 aromatic carbocycles. The first kappa shape index (κ1) is 45.7. The Morgan fingerprint density at radius 1 is 0.826 bits per heavy atom. The fraction of sp³-hybridized carbons (Fsp3) is 0.385. The maximum absolute atomic E-state index is 13.3. The average Bonchev–Trinajstić information content (AvgIpc) is 3.96. The van der Waals surface area contributed by atoms with Crippen molar-refractivity contribution in [3.05, 3.63) is 109 Å². The number of piperazine rings is 1. The molecule has 2 bridgehead atoms. The second-order valence-electron chi connectivity index (χ2n) is 18.9. The molecule has 5 amide bonds. The number of piperidine rings is 2. The molecule has 10 rings (SSSR count). The molecule has 16 nitrogen and oxygen atoms in total. The fourth-order valence-corrected chi connectivity index (χ4v) is 10.3. The molecule has 5 aromatic rings. The van der Waals surface area contributed by atoms with E-state index in [1.165, 1.54) is 24.3 Å². The summed E-state index contributed by atoms with van der Waals surface area (Å²) in [5, 5.41) is 22.9. The van der Waals surface area contributed by atoms with Crippen LogP contribution in [0.1, 0.15) is 56.4 Å². The Labute approximate surface area is 398 Å². The molecule has 1 saturated carbocycles. The van der Waals surface area contributed by atoms with E-state index >= 15 is 0 Å². The molecule has 4 aliphatic heterocycles. The smallest absolute Gasteiger partial charge is 0.257 e. The molecule has 5 heterocycles. The zero-order valence-electron chi connectivity index (χ0n) is 38.1. The number of halogens is 1. The number of hydrogen-bond acceptors (Lipinski definition) is 12. The van der Waals surface area contributed by atoms with Gasteiger partial charge in [0.05, 0.1) is 17.1 Å². The van der Waals surface area contributed by atoms with E-state index in [1.807, 2.05) is 6.07 Å². The van der Waals surface area contributed by atoms with E-state index in [2.05, 4.69) is 41.0 Å². The number of carbonyl (C=O) groups is 5. The Hall–Kier alpha value is -7.11. The van der Waals surface area contributed by atoms with Crippen LogP contribution in [0.4, 0.5) is 21.5 Å². The number of aromatic nitrogens is 1. The molecule has 5 fully saturated rings. The number of hydrogen-bond donors (Lipinski definition) is 5. The first-order valence-corrected chi connectivity index (χ1v) is 23.8. The normalized spacial score (nSPS) is 21.2. The Bertz CT molecular complexity index is 2740. The van der Waals surface area contributed by atoms with Gasteiger partial charge in [0.1, 0.15) is 34.2 Å². The minimum Gasteiger partial charge on any atom is -0.506 e. The molecular weight excluding hydrogens is 884 g/mol. The number of anilines is 3. The van der Waals surface area contributed by atoms with Gasteiger partial charge >= 0.3 is 0 Å². The quantitative estimate of drug-likeness (QED) is 0.0580. The summed E-state index contributed by atoms with van der Waals surface area (Å²) in [4.78, 5) is 74.4. The van der Waals surface area contributed by atoms with Crippen LogP contribution in [-0.2, 0) is 24.0 Å². The summed E-state index contributed by atoms with van der Waals surface area (Å²) in [6.07, 6.45) is 6.49. The molecule has 5 N–H and O–H groups in total. The van der Waals surface area contributed by atoms with E-state index in [1.54, 1.807) is 66.9 Å². The third kappa shape index (κ3) is 10.2. The number of benzene rings is 4. The monoisotopic (exact) mass is 938 g/mol. The van der Waals surface area contributed by atoms with Crippen molar-refractivity contribution in [3.8, 4) is 23.0 Å². The van der Waals surface area contributed by atoms with Crippen molar-refractivity contribution < 1.29 is 42.9 Å². The first-order valence-electron chi connectivity index (χ1n) is 23.8. The lowest BCUT2D eigenvalue weighted by Crippen LogP contribution is -2.50. The van der Waals surface area contributed by atoms with Gasteiger partial charge < -0.3 is 35.4 Å². The molecule has 1 aromatic heterocycles. The van der Waals surface area contributed by atoms with Crippen molar-refractivity contribution in [2.75, 3.05) is 68.0 Å². The predicted molar refractivity (Wildman–Crippen MR) is 256 cm³/mol. The number of nitrogens with zero attached hydrogens (tertiary/aromatic N) is 4. The van der Waals surface area contributed by atoms with Crippen LogP contribution < -0.4 is 35.6 Å². The summed E-state index contributed by atoms with van der Waals surface area (Å²) in [7, 11) is 0. The van der Waals surface area contributed by atoms with E-state index in [9.17, 15) is 33.5 Å². The summed E-state index contributed by atoms with van der Waals surface area (Å²) in [5.74, 6) is -0.0183. The van der Waals surface area contributed by atoms with Crippen molar-refractivity contribution in [1.82, 2.24) is 25.4 Å². The lowest BCUT2D eigenvalue weighted by atomic mass is 9.90. The molecule has 69 heavy (non-hydrogen) atoms. The summed E-state index contributed by atoms with van der Waals surface area (Å²) in [6.45, 7) is 5.98. The number of carbonyl (C=O) groups excluding carboxylic acids is 5. The first-order chi connectivity index (χ1) is 33.5. The summed E-state index contributed by atoms with van der Waals surface area (Å²) >= 11 is 0. The minimum absolute atomic E-state index is 0.0954. The highest BCUT2D eigenvalue weighted by Gasteiger charge is 2.56. The predicted octanol–water partition coefficient (Wildman–Crippen LogP) is 5.92. The summed E-state index contributed by atoms with van der Waals surface area (Å²) in [5.41, 5.74) is 2.01. The highest BCUT2D eigenvalue weighted by atomic mass is 19.1. The van der Waals surface area contributed by atoms with E-state index in [0.717, 1.165) is 69.8 Å². The van der Waals surface area contributed by atoms with Gasteiger partial charge in [-0.25, -0.2) is 4.39 Å². The van der Waals surface area contributed by atoms with Crippen LogP contribution in [0.25, 0.3) is 10.9 Å². The number of pyridine rings is 1. The highest BCUT2D eigenvalue weighted by Crippen LogP contribution is 2.48. The van der Waals surface area contributed by atoms with Crippen molar-refractivity contribution >= 4 is 57.5 Å². The minimum atomic E-state index is -1.18. The number of imide groups is 1. The van der Waals surface area contributed by atoms with Crippen LogP contribution in [-0.4, -0.2) is 114 Å². The van der Waals surface area contributed by atoms with E-state index in [-0.39, 0.29) is 36.0 Å². The van der Waals surface area contributed by atoms with Gasteiger partial charge in [-0.05, 0) is 129 Å². The topological polar surface area (TPSA) is 195 Å². The second-order valence-corrected chi connectivity index (χ2v) is 18.9. The number of nitrogens with one attached hydrogen (secondary N) is 4. The van der Waals surface area contributed by atoms with Crippen LogP contribution >= 0.6 is 0 Å². The lowest BCUT2D eigenvalue weighted by molar-refractivity contribution is -0.134. The van der Waals surface area contributed by atoms with Crippen molar-refractivity contribution in [2.24, 2.45) is 11.3 Å². The lowest BCUT2D eigenvalue weighted by Gasteiger charge is -2.39. The fourth-order valence-electron chi connectivity index (χ4n) is 10.3. The van der Waals surface area contributed by atoms with Gasteiger partial charge in [-0.2, -0.15) is 0 Å². The number of rotatable bonds is 16. The average molecular weight is 939 g/mol. The summed E-state index contributed by atoms with van der Waals surface area (Å²) < 4.78 is 25.3. The van der Waals surface area contributed by atoms with Gasteiger partial charge in [-0.15, -0.1) is 0 Å². The van der Waals surface area contributed by atoms with Crippen LogP contribution in [0.5, 0.6) is 23.0 Å². The standard InChI is InChI=1S/C52H55FN8O8/c53-34-3-5-35(6-4-34)56-50(66)52(18-19-52)51(67)57-36-7-11-40(12-8-36)69-46-15-20-54-43-27-44(45(62)26-42(43)46)59-22-16-32(17-23-59)28-61-30-37-25-38(61)29-60(37)24-21-55-48(64)31-68-39-9-1-33(2-10-39)41-13-14-47(63)58-49(41)65/h1-12,15,20,26-27,32,37-38,41,62H,13-14,16-19,21-25,28-31H2,(H,55,64)(H,56,66)(H,57,67)(H,58,63,65)/t37-,38-,41?/m0/s1. The summed E-state index contributed by atoms with van der Waals surface area (Å²) in [6, 6.07) is 25.7. The molecule has 3 atom stereocenters. The SMILES string of the molecule is O=C(COc1ccc(C2CCC(=O)NC2=O)cc1)NCCN1C[C@@H]2C[C@H]1CN2CC1CCN(c2cc3nccc(Oc4ccc(NC(=O)C5(C(=O)Nc6ccc(F)cc6)CC5)cc4)c3cc2O)CC1. The number of phenols is 1. The maximum atomic E-state index is 13.3. The van der Waals surface area contributed by atoms with E-state index < -0.39 is 23.0 Å². The number of amides is 5. The Balaban J connectivity index is 0.646. The third-order valence-electron chi connectivity index (χ3n) is 14.4. The third-order valence-corrected chi connectivity index (χ3v) is 14.4. The van der Waals surface area contributed by atoms with Gasteiger partial charge in [-0.3, -0.25) is 44.1 Å². The zero-order valence-corrected chi connectivity index (χ0v) is 38.1. The molecule has 5 aliphatic rings. The van der Waals surface area contributed by atoms with Gasteiger partial charge in [0.15, 0.2) is 6.61 Å². The number of likely N-dealkylation sites (tertiary alicyclic amines) is 2. The Morgan fingerprint density at radius 2 is 1.49 bits per heavy atom. The van der Waals surface area contributed by atoms with Gasteiger partial charge in [0.25, 0.3) is 5.91 Å². The Morgan fingerprint density at radius 3 is 2.16 bits per heavy atom. The number of ether oxygens (including phenoxy) is 2. The number of phenolic OH excluding ortho intramolecular Hbond substituents is 1. The molecule has 1 unspecified atom stereocenters. The molecule has 0 radical (unpaired) electrons. The van der Waals surface area contributed by atoms with Crippen LogP contribution in [0.15, 0.2) is 97.2 Å². The van der Waals surface area contributed by atoms with Gasteiger partial charge in [-0.1, -0.05) is 12.1 Å². The Kier molecular flexibility index (Phi) is 12.9. The zero-order chi connectivity index (χ0) is 47.6. The maximum Gasteiger partial charge on any atom is 0.257 e. The largest absolute Gasteiger partial charge is 0.506 e. The van der Waals surface area contributed by atoms with Crippen LogP contribution in [0, 0.1) is 17.2 Å². The molecule has 1 aliphatic carbocycles. The second kappa shape index (κ2) is 19.5. The van der Waals surface area contributed by atoms with E-state index in [4.69, 9.17) is 9.47 Å². The van der Waals surface area contributed by atoms with E-state index in [0.29, 0.717) is 89.8 Å². The number of fused-ring (bicyclic) bond motifs is 3. The van der Waals surface area contributed by atoms with Crippen molar-refractivity contribution in [1.29, 1.82) is 0 Å². The van der Waals surface area contributed by atoms with Crippen molar-refractivity contribution in [3.63, 3.8) is 0 Å². The van der Waals surface area contributed by atoms with Gasteiger partial charge in [0, 0.05) is 87.3 Å². The van der Waals surface area contributed by atoms with Crippen molar-refractivity contribution in [2.45, 2.75) is 62.9 Å². The van der Waals surface area contributed by atoms with Gasteiger partial charge in [0.2, 0.25) is 23.6 Å². The molecule has 4 saturated heterocycles. The highest BCUT2D eigenvalue weighted by molar-refractivity contribution is 6.17. The van der Waals surface area contributed by atoms with Crippen LogP contribution in [0.3, 0.4) is 0 Å². The molecule has 358 valence electrons. The molecular formula is C52H55FN8O8. The van der Waals surface area contributed by atoms with Crippen LogP contribution in [0.2, 0.25) is 0 Å². The molecule has 0 spiro atoms. The number of aromatic hydroxyl groups is 1.